The Morgan fingerprint density at radius 3 is 1.44 bits per heavy atom. The lowest BCUT2D eigenvalue weighted by atomic mass is 10.2. The smallest absolute Gasteiger partial charge is 0.0132 e. The SMILES string of the molecule is CC(C)N(CP)C(C)C. The molecule has 0 saturated heterocycles. The Balaban J connectivity index is 3.68. The highest BCUT2D eigenvalue weighted by molar-refractivity contribution is 7.16. The standard InChI is InChI=1S/C7H18NP/c1-6(2)8(5-9)7(3)4/h6-7H,5,9H2,1-4H3. The van der Waals surface area contributed by atoms with Crippen molar-refractivity contribution in [2.24, 2.45) is 0 Å². The molecule has 9 heavy (non-hydrogen) atoms. The van der Waals surface area contributed by atoms with Crippen molar-refractivity contribution in [2.75, 3.05) is 6.29 Å². The van der Waals surface area contributed by atoms with Crippen molar-refractivity contribution in [3.05, 3.63) is 0 Å². The van der Waals surface area contributed by atoms with Crippen LogP contribution in [0.3, 0.4) is 0 Å². The van der Waals surface area contributed by atoms with Crippen molar-refractivity contribution in [2.45, 2.75) is 39.8 Å². The lowest BCUT2D eigenvalue weighted by Crippen LogP contribution is -2.35. The highest BCUT2D eigenvalue weighted by atomic mass is 31.0. The van der Waals surface area contributed by atoms with Crippen LogP contribution >= 0.6 is 9.24 Å². The molecule has 0 aliphatic carbocycles. The quantitative estimate of drug-likeness (QED) is 0.551. The normalized spacial score (nSPS) is 12.0. The van der Waals surface area contributed by atoms with E-state index in [1.54, 1.807) is 0 Å². The molecule has 0 aromatic rings. The molecule has 0 N–H and O–H groups in total. The third-order valence-electron chi connectivity index (χ3n) is 1.54. The van der Waals surface area contributed by atoms with Crippen LogP contribution in [0.4, 0.5) is 0 Å². The molecule has 1 nitrogen and oxygen atoms in total. The van der Waals surface area contributed by atoms with Crippen LogP contribution in [0.1, 0.15) is 27.7 Å². The molecule has 0 radical (unpaired) electrons. The molecule has 0 aromatic carbocycles. The molecule has 1 unspecified atom stereocenters. The molecule has 0 spiro atoms. The van der Waals surface area contributed by atoms with E-state index in [0.717, 1.165) is 6.29 Å². The van der Waals surface area contributed by atoms with E-state index in [2.05, 4.69) is 41.8 Å². The van der Waals surface area contributed by atoms with Crippen molar-refractivity contribution < 1.29 is 0 Å². The summed E-state index contributed by atoms with van der Waals surface area (Å²) in [6, 6.07) is 1.34. The topological polar surface area (TPSA) is 3.24 Å². The van der Waals surface area contributed by atoms with Gasteiger partial charge in [0.05, 0.1) is 0 Å². The third kappa shape index (κ3) is 3.17. The first kappa shape index (κ1) is 9.39. The largest absolute Gasteiger partial charge is 0.295 e. The molecular formula is C7H18NP. The van der Waals surface area contributed by atoms with Crippen LogP contribution in [0.2, 0.25) is 0 Å². The van der Waals surface area contributed by atoms with Gasteiger partial charge in [0.25, 0.3) is 0 Å². The summed E-state index contributed by atoms with van der Waals surface area (Å²) >= 11 is 0. The molecule has 56 valence electrons. The van der Waals surface area contributed by atoms with Gasteiger partial charge in [-0.2, -0.15) is 0 Å². The van der Waals surface area contributed by atoms with Gasteiger partial charge in [-0.1, -0.05) is 0 Å². The van der Waals surface area contributed by atoms with E-state index >= 15 is 0 Å². The third-order valence-corrected chi connectivity index (χ3v) is 1.96. The summed E-state index contributed by atoms with van der Waals surface area (Å²) in [5, 5.41) is 0. The van der Waals surface area contributed by atoms with E-state index in [1.165, 1.54) is 0 Å². The molecule has 0 amide bonds. The molecule has 2 heteroatoms. The zero-order valence-corrected chi connectivity index (χ0v) is 8.04. The van der Waals surface area contributed by atoms with Gasteiger partial charge >= 0.3 is 0 Å². The first-order chi connectivity index (χ1) is 4.09. The maximum absolute atomic E-state index is 2.76. The van der Waals surface area contributed by atoms with Gasteiger partial charge in [-0.15, -0.1) is 9.24 Å². The average molecular weight is 147 g/mol. The summed E-state index contributed by atoms with van der Waals surface area (Å²) in [6.45, 7) is 8.91. The van der Waals surface area contributed by atoms with Gasteiger partial charge in [-0.3, -0.25) is 4.90 Å². The second-order valence-corrected chi connectivity index (χ2v) is 3.25. The molecule has 1 atom stereocenters. The fourth-order valence-corrected chi connectivity index (χ4v) is 1.86. The zero-order valence-electron chi connectivity index (χ0n) is 6.89. The van der Waals surface area contributed by atoms with Crippen LogP contribution < -0.4 is 0 Å². The maximum atomic E-state index is 2.76. The summed E-state index contributed by atoms with van der Waals surface area (Å²) < 4.78 is 0. The van der Waals surface area contributed by atoms with Crippen LogP contribution in [0.5, 0.6) is 0 Å². The van der Waals surface area contributed by atoms with E-state index in [-0.39, 0.29) is 0 Å². The minimum atomic E-state index is 0.669. The Morgan fingerprint density at radius 2 is 1.44 bits per heavy atom. The van der Waals surface area contributed by atoms with E-state index in [4.69, 9.17) is 0 Å². The summed E-state index contributed by atoms with van der Waals surface area (Å²) in [4.78, 5) is 2.42. The summed E-state index contributed by atoms with van der Waals surface area (Å²) in [6.07, 6.45) is 1.08. The number of nitrogens with zero attached hydrogens (tertiary/aromatic N) is 1. The molecule has 0 saturated carbocycles. The Bertz CT molecular complexity index is 63.3. The lowest BCUT2D eigenvalue weighted by molar-refractivity contribution is 0.210. The van der Waals surface area contributed by atoms with Gasteiger partial charge < -0.3 is 0 Å². The van der Waals surface area contributed by atoms with Crippen molar-refractivity contribution in [1.29, 1.82) is 0 Å². The van der Waals surface area contributed by atoms with Crippen LogP contribution in [0.25, 0.3) is 0 Å². The number of hydrogen-bond acceptors (Lipinski definition) is 1. The second-order valence-electron chi connectivity index (χ2n) is 2.88. The van der Waals surface area contributed by atoms with Crippen molar-refractivity contribution in [1.82, 2.24) is 4.90 Å². The fraction of sp³-hybridized carbons (Fsp3) is 1.00. The minimum absolute atomic E-state index is 0.669. The Morgan fingerprint density at radius 1 is 1.11 bits per heavy atom. The molecule has 0 bridgehead atoms. The highest BCUT2D eigenvalue weighted by Crippen LogP contribution is 2.05. The van der Waals surface area contributed by atoms with E-state index in [0.29, 0.717) is 12.1 Å². The molecule has 0 heterocycles. The van der Waals surface area contributed by atoms with Gasteiger partial charge in [0.15, 0.2) is 0 Å². The van der Waals surface area contributed by atoms with Gasteiger partial charge in [-0.25, -0.2) is 0 Å². The van der Waals surface area contributed by atoms with Crippen LogP contribution in [-0.4, -0.2) is 23.3 Å². The fourth-order valence-electron chi connectivity index (χ4n) is 1.02. The number of rotatable bonds is 3. The zero-order chi connectivity index (χ0) is 7.44. The van der Waals surface area contributed by atoms with Crippen molar-refractivity contribution >= 4 is 9.24 Å². The van der Waals surface area contributed by atoms with Crippen LogP contribution in [0, 0.1) is 0 Å². The molecule has 0 aromatic heterocycles. The predicted molar refractivity (Wildman–Crippen MR) is 46.7 cm³/mol. The maximum Gasteiger partial charge on any atom is 0.0132 e. The first-order valence-corrected chi connectivity index (χ1v) is 4.37. The molecule has 0 aliphatic heterocycles. The van der Waals surface area contributed by atoms with Gasteiger partial charge in [0, 0.05) is 18.4 Å². The van der Waals surface area contributed by atoms with Gasteiger partial charge in [0.2, 0.25) is 0 Å². The van der Waals surface area contributed by atoms with Crippen molar-refractivity contribution in [3.8, 4) is 0 Å². The summed E-state index contributed by atoms with van der Waals surface area (Å²) in [5.74, 6) is 0. The predicted octanol–water partition coefficient (Wildman–Crippen LogP) is 1.94. The number of hydrogen-bond donors (Lipinski definition) is 0. The Kier molecular flexibility index (Phi) is 4.43. The van der Waals surface area contributed by atoms with E-state index < -0.39 is 0 Å². The van der Waals surface area contributed by atoms with Gasteiger partial charge in [-0.05, 0) is 27.7 Å². The Hall–Kier alpha value is 0.390. The molecule has 0 fully saturated rings. The monoisotopic (exact) mass is 147 g/mol. The van der Waals surface area contributed by atoms with Crippen LogP contribution in [0.15, 0.2) is 0 Å². The second kappa shape index (κ2) is 4.24. The minimum Gasteiger partial charge on any atom is -0.295 e. The van der Waals surface area contributed by atoms with E-state index in [9.17, 15) is 0 Å². The molecule has 0 aliphatic rings. The average Bonchev–Trinajstić information content (AvgIpc) is 1.64. The van der Waals surface area contributed by atoms with Crippen molar-refractivity contribution in [3.63, 3.8) is 0 Å². The van der Waals surface area contributed by atoms with E-state index in [1.807, 2.05) is 0 Å². The molecule has 0 rings (SSSR count). The highest BCUT2D eigenvalue weighted by Gasteiger charge is 2.09. The summed E-state index contributed by atoms with van der Waals surface area (Å²) in [5.41, 5.74) is 0. The lowest BCUT2D eigenvalue weighted by Gasteiger charge is -2.28. The summed E-state index contributed by atoms with van der Waals surface area (Å²) in [7, 11) is 2.76. The Labute approximate surface area is 61.0 Å². The van der Waals surface area contributed by atoms with Crippen LogP contribution in [-0.2, 0) is 0 Å². The molecular weight excluding hydrogens is 129 g/mol. The van der Waals surface area contributed by atoms with Gasteiger partial charge in [0.1, 0.15) is 0 Å². The first-order valence-electron chi connectivity index (χ1n) is 3.55.